The summed E-state index contributed by atoms with van der Waals surface area (Å²) in [7, 11) is -2.74. The number of methoxy groups -OCH3 is 1. The Morgan fingerprint density at radius 2 is 1.79 bits per heavy atom. The summed E-state index contributed by atoms with van der Waals surface area (Å²) in [4.78, 5) is 12.5. The summed E-state index contributed by atoms with van der Waals surface area (Å²) >= 11 is 3.38. The molecule has 0 saturated heterocycles. The smallest absolute Gasteiger partial charge is 0.273 e. The molecule has 0 amide bonds. The van der Waals surface area contributed by atoms with E-state index in [9.17, 15) is 18.5 Å². The van der Waals surface area contributed by atoms with Crippen molar-refractivity contribution in [2.45, 2.75) is 18.7 Å². The maximum atomic E-state index is 13.5. The van der Waals surface area contributed by atoms with Crippen molar-refractivity contribution >= 4 is 37.3 Å². The quantitative estimate of drug-likeness (QED) is 0.374. The molecule has 0 atom stereocenters. The summed E-state index contributed by atoms with van der Waals surface area (Å²) in [5.41, 5.74) is 0.255. The van der Waals surface area contributed by atoms with Gasteiger partial charge in [-0.15, -0.1) is 0 Å². The predicted molar refractivity (Wildman–Crippen MR) is 116 cm³/mol. The standard InChI is InChI=1S/C19H24BrN3O5S/c1-4-21(5-2)11-12-22(16-8-6-7-15(20)13-16)29(26,27)19-10-9-17(23(24)25)14-18(19)28-3/h6-10,13-14H,4-5,11-12H2,1-3H3. The number of sulfonamides is 1. The highest BCUT2D eigenvalue weighted by Crippen LogP contribution is 2.33. The number of likely N-dealkylation sites (N-methyl/N-ethyl adjacent to an activating group) is 1. The first kappa shape index (κ1) is 23.1. The number of nitro groups is 1. The van der Waals surface area contributed by atoms with E-state index >= 15 is 0 Å². The van der Waals surface area contributed by atoms with Crippen LogP contribution in [0.15, 0.2) is 51.8 Å². The zero-order valence-corrected chi connectivity index (χ0v) is 18.9. The van der Waals surface area contributed by atoms with Crippen LogP contribution in [-0.2, 0) is 10.0 Å². The molecule has 10 heteroatoms. The van der Waals surface area contributed by atoms with Crippen molar-refractivity contribution in [1.82, 2.24) is 4.90 Å². The minimum atomic E-state index is -4.03. The lowest BCUT2D eigenvalue weighted by Crippen LogP contribution is -2.39. The molecule has 2 aromatic carbocycles. The van der Waals surface area contributed by atoms with Gasteiger partial charge in [-0.3, -0.25) is 14.4 Å². The van der Waals surface area contributed by atoms with Crippen LogP contribution in [0, 0.1) is 10.1 Å². The van der Waals surface area contributed by atoms with Gasteiger partial charge in [-0.05, 0) is 37.4 Å². The molecular formula is C19H24BrN3O5S. The second kappa shape index (κ2) is 10.0. The number of non-ortho nitro benzene ring substituents is 1. The van der Waals surface area contributed by atoms with E-state index in [0.29, 0.717) is 12.2 Å². The monoisotopic (exact) mass is 485 g/mol. The van der Waals surface area contributed by atoms with Gasteiger partial charge in [0, 0.05) is 23.6 Å². The lowest BCUT2D eigenvalue weighted by Gasteiger charge is -2.28. The van der Waals surface area contributed by atoms with Crippen LogP contribution in [0.3, 0.4) is 0 Å². The third kappa shape index (κ3) is 5.46. The van der Waals surface area contributed by atoms with Gasteiger partial charge in [-0.25, -0.2) is 8.42 Å². The van der Waals surface area contributed by atoms with Crippen LogP contribution in [-0.4, -0.2) is 51.5 Å². The van der Waals surface area contributed by atoms with Crippen LogP contribution in [0.2, 0.25) is 0 Å². The number of anilines is 1. The molecule has 0 heterocycles. The fourth-order valence-electron chi connectivity index (χ4n) is 2.89. The number of hydrogen-bond acceptors (Lipinski definition) is 6. The number of hydrogen-bond donors (Lipinski definition) is 0. The molecule has 2 aromatic rings. The van der Waals surface area contributed by atoms with Crippen LogP contribution in [0.4, 0.5) is 11.4 Å². The molecule has 0 aliphatic heterocycles. The molecule has 0 fully saturated rings. The Kier molecular flexibility index (Phi) is 8.00. The average Bonchev–Trinajstić information content (AvgIpc) is 2.70. The highest BCUT2D eigenvalue weighted by Gasteiger charge is 2.30. The summed E-state index contributed by atoms with van der Waals surface area (Å²) < 4.78 is 34.3. The van der Waals surface area contributed by atoms with E-state index < -0.39 is 14.9 Å². The Labute approximate surface area is 179 Å². The first-order valence-electron chi connectivity index (χ1n) is 9.07. The molecule has 0 aliphatic rings. The van der Waals surface area contributed by atoms with E-state index in [4.69, 9.17) is 4.74 Å². The minimum absolute atomic E-state index is 0.0676. The zero-order valence-electron chi connectivity index (χ0n) is 16.5. The van der Waals surface area contributed by atoms with E-state index in [0.717, 1.165) is 23.6 Å². The summed E-state index contributed by atoms with van der Waals surface area (Å²) in [6, 6.07) is 10.5. The van der Waals surface area contributed by atoms with Crippen LogP contribution in [0.5, 0.6) is 5.75 Å². The summed E-state index contributed by atoms with van der Waals surface area (Å²) in [6.45, 7) is 6.38. The van der Waals surface area contributed by atoms with Gasteiger partial charge >= 0.3 is 0 Å². The Morgan fingerprint density at radius 1 is 1.10 bits per heavy atom. The number of ether oxygens (including phenoxy) is 1. The lowest BCUT2D eigenvalue weighted by atomic mass is 10.3. The average molecular weight is 486 g/mol. The molecule has 8 nitrogen and oxygen atoms in total. The Hall–Kier alpha value is -2.17. The van der Waals surface area contributed by atoms with Crippen LogP contribution >= 0.6 is 15.9 Å². The van der Waals surface area contributed by atoms with Crippen molar-refractivity contribution in [2.75, 3.05) is 37.6 Å². The molecule has 29 heavy (non-hydrogen) atoms. The number of rotatable bonds is 10. The Bertz CT molecular complexity index is 964. The van der Waals surface area contributed by atoms with E-state index in [1.165, 1.54) is 23.5 Å². The number of halogens is 1. The molecule has 158 valence electrons. The molecule has 0 aliphatic carbocycles. The molecule has 0 aromatic heterocycles. The molecule has 2 rings (SSSR count). The third-order valence-electron chi connectivity index (χ3n) is 4.54. The molecular weight excluding hydrogens is 462 g/mol. The van der Waals surface area contributed by atoms with E-state index in [-0.39, 0.29) is 22.9 Å². The summed E-state index contributed by atoms with van der Waals surface area (Å²) in [5, 5.41) is 11.0. The van der Waals surface area contributed by atoms with E-state index in [2.05, 4.69) is 20.8 Å². The SMILES string of the molecule is CCN(CC)CCN(c1cccc(Br)c1)S(=O)(=O)c1ccc([N+](=O)[O-])cc1OC. The maximum Gasteiger partial charge on any atom is 0.273 e. The highest BCUT2D eigenvalue weighted by molar-refractivity contribution is 9.10. The normalized spacial score (nSPS) is 11.5. The molecule has 0 bridgehead atoms. The largest absolute Gasteiger partial charge is 0.495 e. The Morgan fingerprint density at radius 3 is 2.34 bits per heavy atom. The molecule has 0 N–H and O–H groups in total. The number of nitro benzene ring substituents is 1. The van der Waals surface area contributed by atoms with Gasteiger partial charge in [0.05, 0.1) is 23.8 Å². The van der Waals surface area contributed by atoms with Crippen molar-refractivity contribution < 1.29 is 18.1 Å². The molecule has 0 unspecified atom stereocenters. The van der Waals surface area contributed by atoms with Gasteiger partial charge in [0.2, 0.25) is 0 Å². The first-order chi connectivity index (χ1) is 13.7. The van der Waals surface area contributed by atoms with Crippen LogP contribution in [0.1, 0.15) is 13.8 Å². The van der Waals surface area contributed by atoms with Gasteiger partial charge in [-0.1, -0.05) is 35.8 Å². The fourth-order valence-corrected chi connectivity index (χ4v) is 4.87. The van der Waals surface area contributed by atoms with Crippen molar-refractivity contribution in [2.24, 2.45) is 0 Å². The van der Waals surface area contributed by atoms with Gasteiger partial charge < -0.3 is 9.64 Å². The highest BCUT2D eigenvalue weighted by atomic mass is 79.9. The van der Waals surface area contributed by atoms with Crippen molar-refractivity contribution in [3.8, 4) is 5.75 Å². The van der Waals surface area contributed by atoms with Crippen molar-refractivity contribution in [3.63, 3.8) is 0 Å². The molecule has 0 radical (unpaired) electrons. The third-order valence-corrected chi connectivity index (χ3v) is 6.90. The minimum Gasteiger partial charge on any atom is -0.495 e. The number of nitrogens with zero attached hydrogens (tertiary/aromatic N) is 3. The predicted octanol–water partition coefficient (Wildman–Crippen LogP) is 3.90. The fraction of sp³-hybridized carbons (Fsp3) is 0.368. The van der Waals surface area contributed by atoms with Crippen molar-refractivity contribution in [3.05, 3.63) is 57.1 Å². The van der Waals surface area contributed by atoms with E-state index in [1.807, 2.05) is 19.9 Å². The topological polar surface area (TPSA) is 93.0 Å². The van der Waals surface area contributed by atoms with Crippen LogP contribution < -0.4 is 9.04 Å². The van der Waals surface area contributed by atoms with Crippen LogP contribution in [0.25, 0.3) is 0 Å². The summed E-state index contributed by atoms with van der Waals surface area (Å²) in [6.07, 6.45) is 0. The zero-order chi connectivity index (χ0) is 21.6. The van der Waals surface area contributed by atoms with Crippen molar-refractivity contribution in [1.29, 1.82) is 0 Å². The van der Waals surface area contributed by atoms with Gasteiger partial charge in [-0.2, -0.15) is 0 Å². The first-order valence-corrected chi connectivity index (χ1v) is 11.3. The van der Waals surface area contributed by atoms with Gasteiger partial charge in [0.15, 0.2) is 0 Å². The molecule has 0 spiro atoms. The second-order valence-corrected chi connectivity index (χ2v) is 8.92. The molecule has 0 saturated carbocycles. The maximum absolute atomic E-state index is 13.5. The lowest BCUT2D eigenvalue weighted by molar-refractivity contribution is -0.385. The van der Waals surface area contributed by atoms with Gasteiger partial charge in [0.1, 0.15) is 10.6 Å². The Balaban J connectivity index is 2.54. The van der Waals surface area contributed by atoms with Gasteiger partial charge in [0.25, 0.3) is 15.7 Å². The van der Waals surface area contributed by atoms with E-state index in [1.54, 1.807) is 18.2 Å². The summed E-state index contributed by atoms with van der Waals surface area (Å²) in [5.74, 6) is -0.0676. The second-order valence-electron chi connectivity index (χ2n) is 6.18. The number of benzene rings is 2.